The van der Waals surface area contributed by atoms with E-state index >= 15 is 0 Å². The Morgan fingerprint density at radius 3 is 2.90 bits per heavy atom. The Bertz CT molecular complexity index is 699. The Hall–Kier alpha value is -2.94. The smallest absolute Gasteiger partial charge is 0.408 e. The number of carbonyl (C=O) groups is 2. The summed E-state index contributed by atoms with van der Waals surface area (Å²) in [4.78, 5) is 25.7. The van der Waals surface area contributed by atoms with Crippen molar-refractivity contribution in [2.24, 2.45) is 0 Å². The number of alkyl carbamates (subject to hydrolysis) is 1. The van der Waals surface area contributed by atoms with E-state index in [4.69, 9.17) is 6.42 Å². The number of carboxylic acids is 1. The van der Waals surface area contributed by atoms with Crippen molar-refractivity contribution in [2.75, 3.05) is 6.61 Å². The normalized spacial score (nSPS) is 11.6. The van der Waals surface area contributed by atoms with Crippen molar-refractivity contribution in [1.29, 1.82) is 0 Å². The average molecular weight is 286 g/mol. The maximum absolute atomic E-state index is 11.4. The minimum absolute atomic E-state index is 0.143. The summed E-state index contributed by atoms with van der Waals surface area (Å²) in [5.74, 6) is 0.995. The van der Waals surface area contributed by atoms with Crippen LogP contribution in [0, 0.1) is 12.3 Å². The fraction of sp³-hybridized carbons (Fsp3) is 0.200. The molecule has 21 heavy (non-hydrogen) atoms. The molecule has 0 saturated heterocycles. The monoisotopic (exact) mass is 286 g/mol. The second kappa shape index (κ2) is 6.48. The third-order valence-corrected chi connectivity index (χ3v) is 2.98. The Labute approximate surface area is 121 Å². The van der Waals surface area contributed by atoms with E-state index in [1.165, 1.54) is 0 Å². The van der Waals surface area contributed by atoms with E-state index in [9.17, 15) is 14.7 Å². The quantitative estimate of drug-likeness (QED) is 0.727. The van der Waals surface area contributed by atoms with Gasteiger partial charge in [0.25, 0.3) is 0 Å². The minimum atomic E-state index is -1.14. The number of para-hydroxylation sites is 1. The molecule has 6 heteroatoms. The lowest BCUT2D eigenvalue weighted by Gasteiger charge is -2.13. The largest absolute Gasteiger partial charge is 0.480 e. The number of benzene rings is 1. The van der Waals surface area contributed by atoms with Gasteiger partial charge in [0.1, 0.15) is 6.04 Å². The lowest BCUT2D eigenvalue weighted by atomic mass is 10.1. The molecule has 0 aliphatic heterocycles. The molecule has 1 aromatic carbocycles. The van der Waals surface area contributed by atoms with Crippen LogP contribution in [-0.2, 0) is 16.0 Å². The molecule has 0 fully saturated rings. The zero-order valence-electron chi connectivity index (χ0n) is 11.1. The van der Waals surface area contributed by atoms with Gasteiger partial charge in [-0.15, -0.1) is 6.42 Å². The SMILES string of the molecule is C#CCOC(=O)NC(Cc1c[nH]c2ccccc12)C(=O)O. The van der Waals surface area contributed by atoms with Crippen LogP contribution in [0.2, 0.25) is 0 Å². The molecule has 0 aliphatic carbocycles. The van der Waals surface area contributed by atoms with Crippen LogP contribution < -0.4 is 5.32 Å². The zero-order chi connectivity index (χ0) is 15.2. The van der Waals surface area contributed by atoms with E-state index in [0.717, 1.165) is 16.5 Å². The van der Waals surface area contributed by atoms with Crippen LogP contribution in [0.25, 0.3) is 10.9 Å². The van der Waals surface area contributed by atoms with Crippen LogP contribution in [-0.4, -0.2) is 34.8 Å². The van der Waals surface area contributed by atoms with Crippen molar-refractivity contribution < 1.29 is 19.4 Å². The predicted octanol–water partition coefficient (Wildman–Crippen LogP) is 1.52. The fourth-order valence-corrected chi connectivity index (χ4v) is 2.01. The van der Waals surface area contributed by atoms with Gasteiger partial charge in [0, 0.05) is 23.5 Å². The number of nitrogens with one attached hydrogen (secondary N) is 2. The molecule has 1 heterocycles. The maximum atomic E-state index is 11.4. The number of aliphatic carboxylic acids is 1. The summed E-state index contributed by atoms with van der Waals surface area (Å²) in [6.07, 6.45) is 5.99. The van der Waals surface area contributed by atoms with Gasteiger partial charge in [0.2, 0.25) is 0 Å². The maximum Gasteiger partial charge on any atom is 0.408 e. The number of hydrogen-bond acceptors (Lipinski definition) is 3. The van der Waals surface area contributed by atoms with Gasteiger partial charge < -0.3 is 20.1 Å². The van der Waals surface area contributed by atoms with Crippen molar-refractivity contribution in [3.05, 3.63) is 36.0 Å². The van der Waals surface area contributed by atoms with Crippen molar-refractivity contribution in [2.45, 2.75) is 12.5 Å². The van der Waals surface area contributed by atoms with E-state index in [2.05, 4.69) is 21.0 Å². The number of terminal acetylenes is 1. The predicted molar refractivity (Wildman–Crippen MR) is 76.7 cm³/mol. The van der Waals surface area contributed by atoms with E-state index in [0.29, 0.717) is 0 Å². The number of aromatic nitrogens is 1. The van der Waals surface area contributed by atoms with Gasteiger partial charge in [-0.1, -0.05) is 24.1 Å². The standard InChI is InChI=1S/C15H14N2O4/c1-2-7-21-15(20)17-13(14(18)19)8-10-9-16-12-6-4-3-5-11(10)12/h1,3-6,9,13,16H,7-8H2,(H,17,20)(H,18,19). The highest BCUT2D eigenvalue weighted by Gasteiger charge is 2.22. The summed E-state index contributed by atoms with van der Waals surface area (Å²) in [5.41, 5.74) is 1.71. The number of amides is 1. The van der Waals surface area contributed by atoms with E-state index < -0.39 is 18.1 Å². The van der Waals surface area contributed by atoms with Gasteiger partial charge in [0.05, 0.1) is 0 Å². The molecule has 6 nitrogen and oxygen atoms in total. The first kappa shape index (κ1) is 14.5. The molecule has 1 aromatic heterocycles. The summed E-state index contributed by atoms with van der Waals surface area (Å²) in [6.45, 7) is -0.203. The molecule has 0 spiro atoms. The molecule has 0 radical (unpaired) electrons. The van der Waals surface area contributed by atoms with Crippen molar-refractivity contribution in [1.82, 2.24) is 10.3 Å². The van der Waals surface area contributed by atoms with E-state index in [1.54, 1.807) is 6.20 Å². The third kappa shape index (κ3) is 3.54. The van der Waals surface area contributed by atoms with Gasteiger partial charge in [-0.2, -0.15) is 0 Å². The number of fused-ring (bicyclic) bond motifs is 1. The molecular formula is C15H14N2O4. The second-order valence-electron chi connectivity index (χ2n) is 4.38. The average Bonchev–Trinajstić information content (AvgIpc) is 2.87. The second-order valence-corrected chi connectivity index (χ2v) is 4.38. The summed E-state index contributed by atoms with van der Waals surface area (Å²) >= 11 is 0. The number of hydrogen-bond donors (Lipinski definition) is 3. The molecule has 1 atom stereocenters. The lowest BCUT2D eigenvalue weighted by molar-refractivity contribution is -0.139. The van der Waals surface area contributed by atoms with Crippen LogP contribution >= 0.6 is 0 Å². The molecule has 1 unspecified atom stereocenters. The molecule has 2 aromatic rings. The van der Waals surface area contributed by atoms with Gasteiger partial charge >= 0.3 is 12.1 Å². The van der Waals surface area contributed by atoms with E-state index in [1.807, 2.05) is 24.3 Å². The van der Waals surface area contributed by atoms with Crippen LogP contribution in [0.5, 0.6) is 0 Å². The lowest BCUT2D eigenvalue weighted by Crippen LogP contribution is -2.42. The molecule has 0 bridgehead atoms. The van der Waals surface area contributed by atoms with Gasteiger partial charge in [0.15, 0.2) is 6.61 Å². The first-order valence-electron chi connectivity index (χ1n) is 6.26. The molecule has 1 amide bonds. The number of rotatable bonds is 5. The highest BCUT2D eigenvalue weighted by atomic mass is 16.5. The zero-order valence-corrected chi connectivity index (χ0v) is 11.1. The number of aromatic amines is 1. The summed E-state index contributed by atoms with van der Waals surface area (Å²) in [7, 11) is 0. The summed E-state index contributed by atoms with van der Waals surface area (Å²) < 4.78 is 4.62. The Morgan fingerprint density at radius 2 is 2.19 bits per heavy atom. The molecular weight excluding hydrogens is 272 g/mol. The number of carboxylic acid groups (broad SMARTS) is 1. The van der Waals surface area contributed by atoms with Crippen molar-refractivity contribution in [3.63, 3.8) is 0 Å². The van der Waals surface area contributed by atoms with Crippen LogP contribution in [0.1, 0.15) is 5.56 Å². The van der Waals surface area contributed by atoms with Crippen LogP contribution in [0.15, 0.2) is 30.5 Å². The minimum Gasteiger partial charge on any atom is -0.480 e. The van der Waals surface area contributed by atoms with Crippen LogP contribution in [0.4, 0.5) is 4.79 Å². The van der Waals surface area contributed by atoms with Gasteiger partial charge in [-0.25, -0.2) is 9.59 Å². The first-order valence-corrected chi connectivity index (χ1v) is 6.26. The first-order chi connectivity index (χ1) is 10.1. The van der Waals surface area contributed by atoms with Gasteiger partial charge in [-0.05, 0) is 11.6 Å². The third-order valence-electron chi connectivity index (χ3n) is 2.98. The Kier molecular flexibility index (Phi) is 4.46. The molecule has 3 N–H and O–H groups in total. The van der Waals surface area contributed by atoms with Crippen molar-refractivity contribution >= 4 is 23.0 Å². The van der Waals surface area contributed by atoms with Crippen molar-refractivity contribution in [3.8, 4) is 12.3 Å². The van der Waals surface area contributed by atoms with E-state index in [-0.39, 0.29) is 13.0 Å². The molecule has 2 rings (SSSR count). The number of carbonyl (C=O) groups excluding carboxylic acids is 1. The number of ether oxygens (including phenoxy) is 1. The highest BCUT2D eigenvalue weighted by Crippen LogP contribution is 2.19. The van der Waals surface area contributed by atoms with Crippen LogP contribution in [0.3, 0.4) is 0 Å². The summed E-state index contributed by atoms with van der Waals surface area (Å²) in [5, 5.41) is 12.4. The van der Waals surface area contributed by atoms with Gasteiger partial charge in [-0.3, -0.25) is 0 Å². The molecule has 0 saturated carbocycles. The fourth-order valence-electron chi connectivity index (χ4n) is 2.01. The number of H-pyrrole nitrogens is 1. The molecule has 0 aliphatic rings. The Morgan fingerprint density at radius 1 is 1.43 bits per heavy atom. The molecule has 108 valence electrons. The highest BCUT2D eigenvalue weighted by molar-refractivity contribution is 5.85. The Balaban J connectivity index is 2.11. The summed E-state index contributed by atoms with van der Waals surface area (Å²) in [6, 6.07) is 6.44. The topological polar surface area (TPSA) is 91.4 Å².